The van der Waals surface area contributed by atoms with Crippen LogP contribution in [0.5, 0.6) is 0 Å². The van der Waals surface area contributed by atoms with Crippen molar-refractivity contribution >= 4 is 5.95 Å². The highest BCUT2D eigenvalue weighted by atomic mass is 15.1. The molecule has 2 N–H and O–H groups in total. The van der Waals surface area contributed by atoms with Crippen molar-refractivity contribution in [3.63, 3.8) is 0 Å². The van der Waals surface area contributed by atoms with Gasteiger partial charge in [0, 0.05) is 11.8 Å². The first kappa shape index (κ1) is 12.5. The standard InChI is InChI=1S/C16H24N4/c1-2-3-13-18-14(20-15(17)19-13)16-7-10-4-11(8-16)6-12(5-10)9-16/h10-12H,2-9H2,1H3,(H2,17,18,19,20). The molecule has 1 aromatic rings. The molecule has 4 nitrogen and oxygen atoms in total. The van der Waals surface area contributed by atoms with E-state index in [1.165, 1.54) is 38.5 Å². The van der Waals surface area contributed by atoms with Gasteiger partial charge in [0.2, 0.25) is 5.95 Å². The number of nitrogens with two attached hydrogens (primary N) is 1. The lowest BCUT2D eigenvalue weighted by Crippen LogP contribution is -2.49. The van der Waals surface area contributed by atoms with Crippen LogP contribution in [-0.4, -0.2) is 15.0 Å². The highest BCUT2D eigenvalue weighted by Gasteiger charge is 2.53. The summed E-state index contributed by atoms with van der Waals surface area (Å²) >= 11 is 0. The first-order valence-corrected chi connectivity index (χ1v) is 8.18. The maximum absolute atomic E-state index is 5.95. The Hall–Kier alpha value is -1.19. The molecule has 0 aliphatic heterocycles. The van der Waals surface area contributed by atoms with E-state index in [0.29, 0.717) is 5.95 Å². The topological polar surface area (TPSA) is 64.7 Å². The average molecular weight is 272 g/mol. The molecule has 4 aliphatic carbocycles. The molecule has 0 saturated heterocycles. The van der Waals surface area contributed by atoms with Crippen molar-refractivity contribution in [2.45, 2.75) is 63.7 Å². The molecule has 4 bridgehead atoms. The molecule has 4 aliphatic rings. The third-order valence-corrected chi connectivity index (χ3v) is 5.69. The normalized spacial score (nSPS) is 38.4. The summed E-state index contributed by atoms with van der Waals surface area (Å²) in [6.45, 7) is 2.16. The summed E-state index contributed by atoms with van der Waals surface area (Å²) in [5, 5.41) is 0. The molecule has 20 heavy (non-hydrogen) atoms. The van der Waals surface area contributed by atoms with Crippen molar-refractivity contribution in [2.24, 2.45) is 17.8 Å². The second-order valence-corrected chi connectivity index (χ2v) is 7.38. The van der Waals surface area contributed by atoms with Gasteiger partial charge >= 0.3 is 0 Å². The Kier molecular flexibility index (Phi) is 2.76. The van der Waals surface area contributed by atoms with Gasteiger partial charge in [-0.15, -0.1) is 0 Å². The Balaban J connectivity index is 1.73. The quantitative estimate of drug-likeness (QED) is 0.919. The van der Waals surface area contributed by atoms with E-state index in [1.54, 1.807) is 0 Å². The maximum Gasteiger partial charge on any atom is 0.223 e. The fourth-order valence-electron chi connectivity index (χ4n) is 5.40. The second-order valence-electron chi connectivity index (χ2n) is 7.38. The third kappa shape index (κ3) is 1.92. The van der Waals surface area contributed by atoms with Gasteiger partial charge in [0.1, 0.15) is 11.6 Å². The zero-order valence-electron chi connectivity index (χ0n) is 12.3. The Morgan fingerprint density at radius 1 is 1.00 bits per heavy atom. The number of aromatic nitrogens is 3. The molecule has 1 heterocycles. The minimum Gasteiger partial charge on any atom is -0.368 e. The number of hydrogen-bond donors (Lipinski definition) is 1. The molecule has 0 radical (unpaired) electrons. The summed E-state index contributed by atoms with van der Waals surface area (Å²) in [7, 11) is 0. The van der Waals surface area contributed by atoms with Crippen LogP contribution in [0.3, 0.4) is 0 Å². The number of anilines is 1. The Bertz CT molecular complexity index is 490. The molecule has 4 saturated carbocycles. The van der Waals surface area contributed by atoms with E-state index in [9.17, 15) is 0 Å². The van der Waals surface area contributed by atoms with Crippen molar-refractivity contribution in [2.75, 3.05) is 5.73 Å². The van der Waals surface area contributed by atoms with Gasteiger partial charge in [-0.05, 0) is 62.7 Å². The van der Waals surface area contributed by atoms with Crippen LogP contribution in [-0.2, 0) is 11.8 Å². The van der Waals surface area contributed by atoms with Crippen LogP contribution in [0.4, 0.5) is 5.95 Å². The molecule has 108 valence electrons. The summed E-state index contributed by atoms with van der Waals surface area (Å²) in [6.07, 6.45) is 10.2. The second kappa shape index (κ2) is 4.40. The summed E-state index contributed by atoms with van der Waals surface area (Å²) in [4.78, 5) is 13.7. The molecule has 1 aromatic heterocycles. The molecule has 0 amide bonds. The van der Waals surface area contributed by atoms with Gasteiger partial charge in [0.25, 0.3) is 0 Å². The lowest BCUT2D eigenvalue weighted by Gasteiger charge is -2.55. The highest BCUT2D eigenvalue weighted by Crippen LogP contribution is 2.60. The van der Waals surface area contributed by atoms with Gasteiger partial charge in [-0.2, -0.15) is 9.97 Å². The van der Waals surface area contributed by atoms with Crippen molar-refractivity contribution in [1.82, 2.24) is 15.0 Å². The van der Waals surface area contributed by atoms with Crippen LogP contribution < -0.4 is 5.73 Å². The van der Waals surface area contributed by atoms with E-state index < -0.39 is 0 Å². The molecule has 5 rings (SSSR count). The lowest BCUT2D eigenvalue weighted by atomic mass is 9.49. The zero-order chi connectivity index (χ0) is 13.7. The van der Waals surface area contributed by atoms with Crippen molar-refractivity contribution < 1.29 is 0 Å². The van der Waals surface area contributed by atoms with Gasteiger partial charge in [-0.1, -0.05) is 6.92 Å². The van der Waals surface area contributed by atoms with E-state index in [0.717, 1.165) is 42.2 Å². The number of hydrogen-bond acceptors (Lipinski definition) is 4. The smallest absolute Gasteiger partial charge is 0.223 e. The van der Waals surface area contributed by atoms with E-state index in [4.69, 9.17) is 10.7 Å². The molecule has 4 heteroatoms. The summed E-state index contributed by atoms with van der Waals surface area (Å²) in [5.74, 6) is 5.07. The van der Waals surface area contributed by atoms with Gasteiger partial charge in [0.15, 0.2) is 0 Å². The van der Waals surface area contributed by atoms with Crippen LogP contribution in [0.1, 0.15) is 63.5 Å². The highest BCUT2D eigenvalue weighted by molar-refractivity contribution is 5.24. The van der Waals surface area contributed by atoms with E-state index >= 15 is 0 Å². The van der Waals surface area contributed by atoms with Crippen molar-refractivity contribution in [3.05, 3.63) is 11.6 Å². The number of nitrogen functional groups attached to an aromatic ring is 1. The minimum atomic E-state index is 0.230. The maximum atomic E-state index is 5.95. The van der Waals surface area contributed by atoms with Crippen LogP contribution in [0.25, 0.3) is 0 Å². The lowest BCUT2D eigenvalue weighted by molar-refractivity contribution is -0.00953. The Morgan fingerprint density at radius 3 is 2.15 bits per heavy atom. The summed E-state index contributed by atoms with van der Waals surface area (Å²) in [6, 6.07) is 0. The van der Waals surface area contributed by atoms with Crippen LogP contribution in [0.2, 0.25) is 0 Å². The monoisotopic (exact) mass is 272 g/mol. The van der Waals surface area contributed by atoms with E-state index in [-0.39, 0.29) is 5.41 Å². The predicted molar refractivity (Wildman–Crippen MR) is 78.1 cm³/mol. The predicted octanol–water partition coefficient (Wildman–Crippen LogP) is 2.87. The molecule has 0 atom stereocenters. The molecule has 0 spiro atoms. The number of nitrogens with zero attached hydrogens (tertiary/aromatic N) is 3. The van der Waals surface area contributed by atoms with Crippen molar-refractivity contribution in [3.8, 4) is 0 Å². The SMILES string of the molecule is CCCc1nc(N)nc(C23CC4CC(CC(C4)C2)C3)n1. The minimum absolute atomic E-state index is 0.230. The third-order valence-electron chi connectivity index (χ3n) is 5.69. The van der Waals surface area contributed by atoms with Gasteiger partial charge < -0.3 is 5.73 Å². The first-order chi connectivity index (χ1) is 9.67. The fraction of sp³-hybridized carbons (Fsp3) is 0.812. The molecule has 0 aromatic carbocycles. The molecule has 0 unspecified atom stereocenters. The largest absolute Gasteiger partial charge is 0.368 e. The number of rotatable bonds is 3. The molecular weight excluding hydrogens is 248 g/mol. The van der Waals surface area contributed by atoms with Crippen LogP contribution in [0, 0.1) is 17.8 Å². The molecular formula is C16H24N4. The zero-order valence-corrected chi connectivity index (χ0v) is 12.3. The Morgan fingerprint density at radius 2 is 1.60 bits per heavy atom. The first-order valence-electron chi connectivity index (χ1n) is 8.18. The Labute approximate surface area is 120 Å². The van der Waals surface area contributed by atoms with E-state index in [2.05, 4.69) is 16.9 Å². The van der Waals surface area contributed by atoms with Gasteiger partial charge in [-0.25, -0.2) is 4.98 Å². The number of aryl methyl sites for hydroxylation is 1. The van der Waals surface area contributed by atoms with Crippen molar-refractivity contribution in [1.29, 1.82) is 0 Å². The van der Waals surface area contributed by atoms with Gasteiger partial charge in [-0.3, -0.25) is 0 Å². The van der Waals surface area contributed by atoms with E-state index in [1.807, 2.05) is 0 Å². The van der Waals surface area contributed by atoms with Crippen LogP contribution in [0.15, 0.2) is 0 Å². The summed E-state index contributed by atoms with van der Waals surface area (Å²) in [5.41, 5.74) is 6.18. The summed E-state index contributed by atoms with van der Waals surface area (Å²) < 4.78 is 0. The average Bonchev–Trinajstić information content (AvgIpc) is 2.36. The van der Waals surface area contributed by atoms with Crippen LogP contribution >= 0.6 is 0 Å². The fourth-order valence-corrected chi connectivity index (χ4v) is 5.40. The molecule has 4 fully saturated rings. The van der Waals surface area contributed by atoms with Gasteiger partial charge in [0.05, 0.1) is 0 Å².